The number of nitrogen functional groups attached to an aromatic ring is 1. The quantitative estimate of drug-likeness (QED) is 0.643. The van der Waals surface area contributed by atoms with Crippen LogP contribution in [0.25, 0.3) is 0 Å². The van der Waals surface area contributed by atoms with Crippen molar-refractivity contribution in [3.63, 3.8) is 0 Å². The van der Waals surface area contributed by atoms with E-state index in [0.29, 0.717) is 23.9 Å². The van der Waals surface area contributed by atoms with Crippen molar-refractivity contribution in [1.82, 2.24) is 0 Å². The number of carbonyl (C=O) groups excluding carboxylic acids is 1. The third-order valence-electron chi connectivity index (χ3n) is 2.67. The minimum atomic E-state index is -0.331. The van der Waals surface area contributed by atoms with Gasteiger partial charge in [-0.05, 0) is 39.0 Å². The number of benzene rings is 1. The molecule has 0 spiro atoms. The zero-order valence-electron chi connectivity index (χ0n) is 10.9. The van der Waals surface area contributed by atoms with E-state index >= 15 is 0 Å². The molecular weight excluding hydrogens is 216 g/mol. The highest BCUT2D eigenvalue weighted by Gasteiger charge is 2.17. The number of ether oxygens (including phenoxy) is 1. The third-order valence-corrected chi connectivity index (χ3v) is 2.67. The lowest BCUT2D eigenvalue weighted by Crippen LogP contribution is -2.27. The summed E-state index contributed by atoms with van der Waals surface area (Å²) in [5, 5.41) is 0. The lowest BCUT2D eigenvalue weighted by Gasteiger charge is -2.26. The molecular formula is C13H20N2O2. The van der Waals surface area contributed by atoms with Gasteiger partial charge in [-0.15, -0.1) is 0 Å². The van der Waals surface area contributed by atoms with Crippen LogP contribution in [0, 0.1) is 0 Å². The van der Waals surface area contributed by atoms with E-state index in [1.807, 2.05) is 18.0 Å². The van der Waals surface area contributed by atoms with Crippen molar-refractivity contribution in [3.05, 3.63) is 23.8 Å². The minimum Gasteiger partial charge on any atom is -0.462 e. The van der Waals surface area contributed by atoms with Gasteiger partial charge in [0.05, 0.1) is 17.9 Å². The molecule has 0 saturated heterocycles. The molecule has 0 aliphatic carbocycles. The molecule has 0 radical (unpaired) electrons. The Bertz CT molecular complexity index is 402. The molecule has 4 heteroatoms. The van der Waals surface area contributed by atoms with Gasteiger partial charge in [0.15, 0.2) is 0 Å². The van der Waals surface area contributed by atoms with E-state index in [1.54, 1.807) is 19.1 Å². The molecule has 1 aromatic rings. The molecule has 94 valence electrons. The van der Waals surface area contributed by atoms with Gasteiger partial charge < -0.3 is 15.4 Å². The number of nitrogens with zero attached hydrogens (tertiary/aromatic N) is 1. The molecule has 2 N–H and O–H groups in total. The van der Waals surface area contributed by atoms with E-state index in [4.69, 9.17) is 10.5 Å². The maximum atomic E-state index is 11.8. The largest absolute Gasteiger partial charge is 0.462 e. The lowest BCUT2D eigenvalue weighted by atomic mass is 10.1. The third kappa shape index (κ3) is 3.12. The highest BCUT2D eigenvalue weighted by molar-refractivity contribution is 5.97. The Morgan fingerprint density at radius 1 is 1.47 bits per heavy atom. The van der Waals surface area contributed by atoms with E-state index in [-0.39, 0.29) is 5.97 Å². The first kappa shape index (κ1) is 13.4. The summed E-state index contributed by atoms with van der Waals surface area (Å²) in [6.07, 6.45) is 0. The van der Waals surface area contributed by atoms with Gasteiger partial charge in [-0.3, -0.25) is 0 Å². The zero-order chi connectivity index (χ0) is 13.0. The van der Waals surface area contributed by atoms with Gasteiger partial charge in [0, 0.05) is 18.8 Å². The van der Waals surface area contributed by atoms with E-state index in [2.05, 4.69) is 13.8 Å². The summed E-state index contributed by atoms with van der Waals surface area (Å²) < 4.78 is 5.03. The van der Waals surface area contributed by atoms with Gasteiger partial charge in [0.2, 0.25) is 0 Å². The molecule has 1 rings (SSSR count). The van der Waals surface area contributed by atoms with Crippen molar-refractivity contribution in [2.45, 2.75) is 26.8 Å². The van der Waals surface area contributed by atoms with E-state index in [0.717, 1.165) is 5.69 Å². The first-order chi connectivity index (χ1) is 7.97. The Morgan fingerprint density at radius 2 is 2.12 bits per heavy atom. The Hall–Kier alpha value is -1.71. The molecule has 0 saturated carbocycles. The van der Waals surface area contributed by atoms with Crippen LogP contribution in [0.3, 0.4) is 0 Å². The van der Waals surface area contributed by atoms with Crippen LogP contribution in [0.2, 0.25) is 0 Å². The molecule has 0 unspecified atom stereocenters. The normalized spacial score (nSPS) is 10.4. The predicted molar refractivity (Wildman–Crippen MR) is 70.3 cm³/mol. The van der Waals surface area contributed by atoms with E-state index in [9.17, 15) is 4.79 Å². The highest BCUT2D eigenvalue weighted by atomic mass is 16.5. The maximum absolute atomic E-state index is 11.8. The summed E-state index contributed by atoms with van der Waals surface area (Å²) in [4.78, 5) is 13.9. The van der Waals surface area contributed by atoms with Crippen LogP contribution in [0.1, 0.15) is 31.1 Å². The second-order valence-corrected chi connectivity index (χ2v) is 4.20. The summed E-state index contributed by atoms with van der Waals surface area (Å²) >= 11 is 0. The summed E-state index contributed by atoms with van der Waals surface area (Å²) in [5.41, 5.74) is 7.63. The van der Waals surface area contributed by atoms with Gasteiger partial charge in [-0.2, -0.15) is 0 Å². The Balaban J connectivity index is 3.16. The Morgan fingerprint density at radius 3 is 2.65 bits per heavy atom. The van der Waals surface area contributed by atoms with E-state index in [1.165, 1.54) is 0 Å². The van der Waals surface area contributed by atoms with Crippen molar-refractivity contribution in [1.29, 1.82) is 0 Å². The standard InChI is InChI=1S/C13H20N2O2/c1-5-17-13(16)11-8-10(14)6-7-12(11)15(4)9(2)3/h6-9H,5,14H2,1-4H3. The summed E-state index contributed by atoms with van der Waals surface area (Å²) in [7, 11) is 1.94. The summed E-state index contributed by atoms with van der Waals surface area (Å²) in [5.74, 6) is -0.331. The highest BCUT2D eigenvalue weighted by Crippen LogP contribution is 2.24. The fourth-order valence-electron chi connectivity index (χ4n) is 1.51. The average Bonchev–Trinajstić information content (AvgIpc) is 2.28. The van der Waals surface area contributed by atoms with Gasteiger partial charge in [0.1, 0.15) is 0 Å². The molecule has 0 atom stereocenters. The minimum absolute atomic E-state index is 0.298. The first-order valence-electron chi connectivity index (χ1n) is 5.76. The van der Waals surface area contributed by atoms with Crippen LogP contribution in [-0.4, -0.2) is 25.7 Å². The lowest BCUT2D eigenvalue weighted by molar-refractivity contribution is 0.0527. The number of hydrogen-bond acceptors (Lipinski definition) is 4. The molecule has 0 fully saturated rings. The average molecular weight is 236 g/mol. The van der Waals surface area contributed by atoms with Crippen LogP contribution >= 0.6 is 0 Å². The summed E-state index contributed by atoms with van der Waals surface area (Å²) in [6, 6.07) is 5.59. The monoisotopic (exact) mass is 236 g/mol. The molecule has 4 nitrogen and oxygen atoms in total. The fraction of sp³-hybridized carbons (Fsp3) is 0.462. The number of anilines is 2. The van der Waals surface area contributed by atoms with Crippen molar-refractivity contribution in [3.8, 4) is 0 Å². The fourth-order valence-corrected chi connectivity index (χ4v) is 1.51. The Kier molecular flexibility index (Phi) is 4.37. The topological polar surface area (TPSA) is 55.6 Å². The van der Waals surface area contributed by atoms with E-state index < -0.39 is 0 Å². The molecule has 1 aromatic carbocycles. The molecule has 0 aliphatic heterocycles. The van der Waals surface area contributed by atoms with Crippen LogP contribution < -0.4 is 10.6 Å². The van der Waals surface area contributed by atoms with Crippen LogP contribution in [0.15, 0.2) is 18.2 Å². The first-order valence-corrected chi connectivity index (χ1v) is 5.76. The Labute approximate surface area is 102 Å². The number of esters is 1. The van der Waals surface area contributed by atoms with Gasteiger partial charge in [0.25, 0.3) is 0 Å². The van der Waals surface area contributed by atoms with Crippen molar-refractivity contribution < 1.29 is 9.53 Å². The second-order valence-electron chi connectivity index (χ2n) is 4.20. The smallest absolute Gasteiger partial charge is 0.340 e. The SMILES string of the molecule is CCOC(=O)c1cc(N)ccc1N(C)C(C)C. The zero-order valence-corrected chi connectivity index (χ0v) is 10.9. The number of carbonyl (C=O) groups is 1. The maximum Gasteiger partial charge on any atom is 0.340 e. The van der Waals surface area contributed by atoms with Gasteiger partial charge in [-0.25, -0.2) is 4.79 Å². The van der Waals surface area contributed by atoms with Crippen molar-refractivity contribution in [2.24, 2.45) is 0 Å². The van der Waals surface area contributed by atoms with Crippen LogP contribution in [0.5, 0.6) is 0 Å². The van der Waals surface area contributed by atoms with Gasteiger partial charge >= 0.3 is 5.97 Å². The molecule has 0 heterocycles. The van der Waals surface area contributed by atoms with Crippen molar-refractivity contribution in [2.75, 3.05) is 24.3 Å². The predicted octanol–water partition coefficient (Wildman–Crippen LogP) is 2.29. The van der Waals surface area contributed by atoms with Crippen LogP contribution in [-0.2, 0) is 4.74 Å². The van der Waals surface area contributed by atoms with Crippen molar-refractivity contribution >= 4 is 17.3 Å². The van der Waals surface area contributed by atoms with Crippen LogP contribution in [0.4, 0.5) is 11.4 Å². The summed E-state index contributed by atoms with van der Waals surface area (Å²) in [6.45, 7) is 6.27. The number of hydrogen-bond donors (Lipinski definition) is 1. The molecule has 0 amide bonds. The molecule has 0 aromatic heterocycles. The van der Waals surface area contributed by atoms with Gasteiger partial charge in [-0.1, -0.05) is 0 Å². The number of nitrogens with two attached hydrogens (primary N) is 1. The molecule has 0 bridgehead atoms. The molecule has 0 aliphatic rings. The number of rotatable bonds is 4. The second kappa shape index (κ2) is 5.57. The molecule has 17 heavy (non-hydrogen) atoms.